The zero-order valence-corrected chi connectivity index (χ0v) is 12.4. The van der Waals surface area contributed by atoms with Gasteiger partial charge in [0.2, 0.25) is 0 Å². The molecule has 0 aliphatic carbocycles. The molecule has 0 bridgehead atoms. The van der Waals surface area contributed by atoms with E-state index >= 15 is 0 Å². The summed E-state index contributed by atoms with van der Waals surface area (Å²) < 4.78 is 10.3. The summed E-state index contributed by atoms with van der Waals surface area (Å²) in [7, 11) is 1.43. The fraction of sp³-hybridized carbons (Fsp3) is 0.500. The van der Waals surface area contributed by atoms with E-state index in [9.17, 15) is 14.9 Å². The van der Waals surface area contributed by atoms with E-state index in [4.69, 9.17) is 9.47 Å². The van der Waals surface area contributed by atoms with Gasteiger partial charge in [-0.25, -0.2) is 0 Å². The summed E-state index contributed by atoms with van der Waals surface area (Å²) >= 11 is 0. The first-order valence-corrected chi connectivity index (χ1v) is 6.66. The van der Waals surface area contributed by atoms with Gasteiger partial charge in [-0.05, 0) is 18.4 Å². The largest absolute Gasteiger partial charge is 0.493 e. The van der Waals surface area contributed by atoms with Crippen LogP contribution in [0.5, 0.6) is 11.5 Å². The molecule has 0 heterocycles. The highest BCUT2D eigenvalue weighted by Crippen LogP contribution is 2.30. The molecule has 21 heavy (non-hydrogen) atoms. The van der Waals surface area contributed by atoms with Gasteiger partial charge in [-0.1, -0.05) is 13.8 Å². The molecule has 0 saturated heterocycles. The Morgan fingerprint density at radius 1 is 1.38 bits per heavy atom. The molecule has 0 fully saturated rings. The fourth-order valence-electron chi connectivity index (χ4n) is 1.59. The van der Waals surface area contributed by atoms with Crippen molar-refractivity contribution < 1.29 is 19.2 Å². The smallest absolute Gasteiger partial charge is 0.273 e. The molecule has 0 radical (unpaired) electrons. The monoisotopic (exact) mass is 296 g/mol. The van der Waals surface area contributed by atoms with Crippen LogP contribution in [0, 0.1) is 16.0 Å². The number of methoxy groups -OCH3 is 1. The zero-order valence-electron chi connectivity index (χ0n) is 12.4. The minimum Gasteiger partial charge on any atom is -0.493 e. The van der Waals surface area contributed by atoms with Crippen molar-refractivity contribution in [2.24, 2.45) is 5.92 Å². The SMILES string of the molecule is COc1ccc([N+](=O)[O-])cc1OCC(=O)NCCC(C)C. The number of hydrogen-bond donors (Lipinski definition) is 1. The quantitative estimate of drug-likeness (QED) is 0.586. The molecule has 0 aliphatic rings. The van der Waals surface area contributed by atoms with Crippen LogP contribution in [0.2, 0.25) is 0 Å². The number of carbonyl (C=O) groups excluding carboxylic acids is 1. The number of carbonyl (C=O) groups is 1. The fourth-order valence-corrected chi connectivity index (χ4v) is 1.59. The van der Waals surface area contributed by atoms with Gasteiger partial charge in [0.15, 0.2) is 18.1 Å². The van der Waals surface area contributed by atoms with Gasteiger partial charge in [0.25, 0.3) is 11.6 Å². The molecule has 1 rings (SSSR count). The molecule has 0 saturated carbocycles. The summed E-state index contributed by atoms with van der Waals surface area (Å²) in [5, 5.41) is 13.4. The van der Waals surface area contributed by atoms with Gasteiger partial charge in [0, 0.05) is 12.6 Å². The summed E-state index contributed by atoms with van der Waals surface area (Å²) in [5.41, 5.74) is -0.119. The zero-order chi connectivity index (χ0) is 15.8. The number of rotatable bonds is 8. The van der Waals surface area contributed by atoms with E-state index in [1.165, 1.54) is 25.3 Å². The number of ether oxygens (including phenoxy) is 2. The van der Waals surface area contributed by atoms with Crippen molar-refractivity contribution in [1.82, 2.24) is 5.32 Å². The molecule has 0 spiro atoms. The van der Waals surface area contributed by atoms with Crippen molar-refractivity contribution in [2.75, 3.05) is 20.3 Å². The van der Waals surface area contributed by atoms with Gasteiger partial charge < -0.3 is 14.8 Å². The Kier molecular flexibility index (Phi) is 6.45. The van der Waals surface area contributed by atoms with Gasteiger partial charge in [-0.15, -0.1) is 0 Å². The minimum absolute atomic E-state index is 0.119. The summed E-state index contributed by atoms with van der Waals surface area (Å²) in [6.07, 6.45) is 0.881. The highest BCUT2D eigenvalue weighted by molar-refractivity contribution is 5.77. The lowest BCUT2D eigenvalue weighted by Crippen LogP contribution is -2.30. The van der Waals surface area contributed by atoms with Gasteiger partial charge >= 0.3 is 0 Å². The molecule has 1 aromatic rings. The van der Waals surface area contributed by atoms with Crippen molar-refractivity contribution in [2.45, 2.75) is 20.3 Å². The van der Waals surface area contributed by atoms with Crippen molar-refractivity contribution in [3.8, 4) is 11.5 Å². The van der Waals surface area contributed by atoms with E-state index in [1.807, 2.05) is 0 Å². The maximum absolute atomic E-state index is 11.6. The van der Waals surface area contributed by atoms with E-state index in [1.54, 1.807) is 0 Å². The second-order valence-electron chi connectivity index (χ2n) is 4.91. The number of nitrogens with one attached hydrogen (secondary N) is 1. The van der Waals surface area contributed by atoms with Crippen molar-refractivity contribution >= 4 is 11.6 Å². The highest BCUT2D eigenvalue weighted by Gasteiger charge is 2.13. The number of hydrogen-bond acceptors (Lipinski definition) is 5. The molecule has 0 aliphatic heterocycles. The van der Waals surface area contributed by atoms with E-state index in [0.717, 1.165) is 6.42 Å². The normalized spacial score (nSPS) is 10.3. The van der Waals surface area contributed by atoms with Crippen molar-refractivity contribution in [1.29, 1.82) is 0 Å². The average Bonchev–Trinajstić information content (AvgIpc) is 2.44. The van der Waals surface area contributed by atoms with Crippen LogP contribution in [0.15, 0.2) is 18.2 Å². The number of nitro benzene ring substituents is 1. The van der Waals surface area contributed by atoms with Crippen molar-refractivity contribution in [3.63, 3.8) is 0 Å². The Morgan fingerprint density at radius 3 is 2.67 bits per heavy atom. The van der Waals surface area contributed by atoms with E-state index in [0.29, 0.717) is 18.2 Å². The molecule has 116 valence electrons. The first kappa shape index (κ1) is 16.7. The van der Waals surface area contributed by atoms with Gasteiger partial charge in [-0.2, -0.15) is 0 Å². The number of nitro groups is 1. The predicted molar refractivity (Wildman–Crippen MR) is 77.6 cm³/mol. The molecular weight excluding hydrogens is 276 g/mol. The number of amides is 1. The molecule has 7 heteroatoms. The van der Waals surface area contributed by atoms with Gasteiger partial charge in [0.05, 0.1) is 18.1 Å². The predicted octanol–water partition coefficient (Wildman–Crippen LogP) is 2.14. The van der Waals surface area contributed by atoms with Crippen LogP contribution in [-0.4, -0.2) is 31.1 Å². The summed E-state index contributed by atoms with van der Waals surface area (Å²) in [5.74, 6) is 0.744. The summed E-state index contributed by atoms with van der Waals surface area (Å²) in [6, 6.07) is 3.98. The molecule has 1 aromatic carbocycles. The maximum atomic E-state index is 11.6. The number of nitrogens with zero attached hydrogens (tertiary/aromatic N) is 1. The third-order valence-corrected chi connectivity index (χ3v) is 2.76. The lowest BCUT2D eigenvalue weighted by molar-refractivity contribution is -0.385. The summed E-state index contributed by atoms with van der Waals surface area (Å²) in [6.45, 7) is 4.49. The van der Waals surface area contributed by atoms with E-state index < -0.39 is 4.92 Å². The third kappa shape index (κ3) is 5.68. The minimum atomic E-state index is -0.533. The van der Waals surface area contributed by atoms with Crippen LogP contribution < -0.4 is 14.8 Å². The Labute approximate surface area is 123 Å². The van der Waals surface area contributed by atoms with E-state index in [2.05, 4.69) is 19.2 Å². The van der Waals surface area contributed by atoms with Crippen LogP contribution >= 0.6 is 0 Å². The molecule has 0 aromatic heterocycles. The maximum Gasteiger partial charge on any atom is 0.273 e. The molecule has 1 N–H and O–H groups in total. The standard InChI is InChI=1S/C14H20N2O5/c1-10(2)6-7-15-14(17)9-21-13-8-11(16(18)19)4-5-12(13)20-3/h4-5,8,10H,6-7,9H2,1-3H3,(H,15,17). The van der Waals surface area contributed by atoms with Gasteiger partial charge in [0.1, 0.15) is 0 Å². The van der Waals surface area contributed by atoms with Crippen LogP contribution in [0.4, 0.5) is 5.69 Å². The Bertz CT molecular complexity index is 502. The molecular formula is C14H20N2O5. The second kappa shape index (κ2) is 8.08. The molecule has 7 nitrogen and oxygen atoms in total. The van der Waals surface area contributed by atoms with Crippen molar-refractivity contribution in [3.05, 3.63) is 28.3 Å². The van der Waals surface area contributed by atoms with E-state index in [-0.39, 0.29) is 24.0 Å². The first-order valence-electron chi connectivity index (χ1n) is 6.66. The second-order valence-corrected chi connectivity index (χ2v) is 4.91. The molecule has 1 amide bonds. The molecule has 0 atom stereocenters. The molecule has 0 unspecified atom stereocenters. The lowest BCUT2D eigenvalue weighted by atomic mass is 10.1. The average molecular weight is 296 g/mol. The van der Waals surface area contributed by atoms with Crippen LogP contribution in [-0.2, 0) is 4.79 Å². The topological polar surface area (TPSA) is 90.7 Å². The first-order chi connectivity index (χ1) is 9.93. The Balaban J connectivity index is 2.59. The van der Waals surface area contributed by atoms with Crippen LogP contribution in [0.1, 0.15) is 20.3 Å². The third-order valence-electron chi connectivity index (χ3n) is 2.76. The summed E-state index contributed by atoms with van der Waals surface area (Å²) in [4.78, 5) is 21.8. The lowest BCUT2D eigenvalue weighted by Gasteiger charge is -2.11. The number of benzene rings is 1. The Hall–Kier alpha value is -2.31. The highest BCUT2D eigenvalue weighted by atomic mass is 16.6. The van der Waals surface area contributed by atoms with Gasteiger partial charge in [-0.3, -0.25) is 14.9 Å². The van der Waals surface area contributed by atoms with Crippen LogP contribution in [0.25, 0.3) is 0 Å². The van der Waals surface area contributed by atoms with Crippen LogP contribution in [0.3, 0.4) is 0 Å². The Morgan fingerprint density at radius 2 is 2.10 bits per heavy atom. The number of non-ortho nitro benzene ring substituents is 1.